The molecule has 0 aliphatic heterocycles. The van der Waals surface area contributed by atoms with Crippen LogP contribution >= 0.6 is 0 Å². The first-order chi connectivity index (χ1) is 16.7. The predicted octanol–water partition coefficient (Wildman–Crippen LogP) is 7.38. The number of aromatic nitrogens is 2. The van der Waals surface area contributed by atoms with Crippen molar-refractivity contribution in [3.8, 4) is 16.9 Å². The molecule has 0 amide bonds. The van der Waals surface area contributed by atoms with Crippen molar-refractivity contribution in [2.45, 2.75) is 33.2 Å². The zero-order valence-electron chi connectivity index (χ0n) is 19.9. The van der Waals surface area contributed by atoms with Crippen molar-refractivity contribution in [2.75, 3.05) is 6.61 Å². The first-order valence-electron chi connectivity index (χ1n) is 12.0. The molecule has 0 spiro atoms. The molecule has 4 aromatic carbocycles. The lowest BCUT2D eigenvalue weighted by molar-refractivity contribution is 0.301. The van der Waals surface area contributed by atoms with Crippen LogP contribution in [0.4, 0.5) is 0 Å². The third-order valence-corrected chi connectivity index (χ3v) is 6.15. The van der Waals surface area contributed by atoms with Crippen molar-refractivity contribution in [2.24, 2.45) is 0 Å². The molecule has 34 heavy (non-hydrogen) atoms. The highest BCUT2D eigenvalue weighted by atomic mass is 16.5. The summed E-state index contributed by atoms with van der Waals surface area (Å²) in [6.45, 7) is 5.77. The van der Waals surface area contributed by atoms with E-state index in [1.54, 1.807) is 0 Å². The van der Waals surface area contributed by atoms with Crippen molar-refractivity contribution in [1.29, 1.82) is 0 Å². The highest BCUT2D eigenvalue weighted by Crippen LogP contribution is 2.23. The molecule has 0 saturated carbocycles. The van der Waals surface area contributed by atoms with Gasteiger partial charge in [0.15, 0.2) is 0 Å². The van der Waals surface area contributed by atoms with Gasteiger partial charge in [-0.25, -0.2) is 4.98 Å². The maximum Gasteiger partial charge on any atom is 0.119 e. The van der Waals surface area contributed by atoms with Gasteiger partial charge in [-0.05, 0) is 72.4 Å². The quantitative estimate of drug-likeness (QED) is 0.233. The molecule has 3 heteroatoms. The predicted molar refractivity (Wildman–Crippen MR) is 140 cm³/mol. The standard InChI is InChI=1S/C31H30N2O/c1-23-19-24(2)21-28(20-23)34-18-8-17-33-30-12-7-6-11-29(30)32-31(33)22-25-13-15-27(16-14-25)26-9-4-3-5-10-26/h3-7,9-16,19-21H,8,17-18,22H2,1-2H3. The second-order valence-electron chi connectivity index (χ2n) is 8.93. The Labute approximate surface area is 201 Å². The minimum atomic E-state index is 0.681. The monoisotopic (exact) mass is 446 g/mol. The molecule has 3 nitrogen and oxygen atoms in total. The summed E-state index contributed by atoms with van der Waals surface area (Å²) in [5.41, 5.74) is 8.44. The third-order valence-electron chi connectivity index (χ3n) is 6.15. The number of imidazole rings is 1. The van der Waals surface area contributed by atoms with E-state index >= 15 is 0 Å². The summed E-state index contributed by atoms with van der Waals surface area (Å²) >= 11 is 0. The fourth-order valence-corrected chi connectivity index (χ4v) is 4.57. The number of para-hydroxylation sites is 2. The number of nitrogens with zero attached hydrogens (tertiary/aromatic N) is 2. The van der Waals surface area contributed by atoms with E-state index in [1.807, 2.05) is 0 Å². The average Bonchev–Trinajstić information content (AvgIpc) is 3.19. The molecule has 1 aromatic heterocycles. The first-order valence-corrected chi connectivity index (χ1v) is 12.0. The maximum absolute atomic E-state index is 6.06. The molecule has 0 unspecified atom stereocenters. The number of hydrogen-bond donors (Lipinski definition) is 0. The molecular weight excluding hydrogens is 416 g/mol. The molecule has 0 aliphatic rings. The van der Waals surface area contributed by atoms with Crippen LogP contribution in [-0.2, 0) is 13.0 Å². The lowest BCUT2D eigenvalue weighted by atomic mass is 10.0. The molecule has 0 fully saturated rings. The summed E-state index contributed by atoms with van der Waals surface area (Å²) in [6, 6.07) is 34.1. The van der Waals surface area contributed by atoms with Gasteiger partial charge in [-0.2, -0.15) is 0 Å². The van der Waals surface area contributed by atoms with Crippen LogP contribution in [0.1, 0.15) is 28.9 Å². The Balaban J connectivity index is 1.31. The molecule has 0 atom stereocenters. The molecular formula is C31H30N2O. The van der Waals surface area contributed by atoms with Crippen LogP contribution in [0.3, 0.4) is 0 Å². The molecule has 5 rings (SSSR count). The second kappa shape index (κ2) is 9.96. The number of rotatable bonds is 8. The van der Waals surface area contributed by atoms with Gasteiger partial charge in [-0.1, -0.05) is 72.8 Å². The van der Waals surface area contributed by atoms with Crippen molar-refractivity contribution in [3.63, 3.8) is 0 Å². The van der Waals surface area contributed by atoms with Crippen molar-refractivity contribution in [3.05, 3.63) is 120 Å². The highest BCUT2D eigenvalue weighted by Gasteiger charge is 2.11. The Kier molecular flexibility index (Phi) is 6.44. The fraction of sp³-hybridized carbons (Fsp3) is 0.194. The largest absolute Gasteiger partial charge is 0.494 e. The van der Waals surface area contributed by atoms with E-state index < -0.39 is 0 Å². The number of fused-ring (bicyclic) bond motifs is 1. The molecule has 0 radical (unpaired) electrons. The van der Waals surface area contributed by atoms with Gasteiger partial charge in [-0.3, -0.25) is 0 Å². The Morgan fingerprint density at radius 3 is 2.18 bits per heavy atom. The summed E-state index contributed by atoms with van der Waals surface area (Å²) in [6.07, 6.45) is 1.73. The molecule has 0 N–H and O–H groups in total. The van der Waals surface area contributed by atoms with E-state index in [-0.39, 0.29) is 0 Å². The van der Waals surface area contributed by atoms with Gasteiger partial charge >= 0.3 is 0 Å². The van der Waals surface area contributed by atoms with Crippen LogP contribution in [0.5, 0.6) is 5.75 Å². The van der Waals surface area contributed by atoms with E-state index in [1.165, 1.54) is 33.3 Å². The third kappa shape index (κ3) is 5.04. The molecule has 170 valence electrons. The lowest BCUT2D eigenvalue weighted by Crippen LogP contribution is -2.08. The van der Waals surface area contributed by atoms with Gasteiger partial charge in [0, 0.05) is 13.0 Å². The van der Waals surface area contributed by atoms with Crippen LogP contribution in [0, 0.1) is 13.8 Å². The van der Waals surface area contributed by atoms with Crippen molar-refractivity contribution in [1.82, 2.24) is 9.55 Å². The van der Waals surface area contributed by atoms with Gasteiger partial charge in [0.1, 0.15) is 11.6 Å². The van der Waals surface area contributed by atoms with Crippen LogP contribution < -0.4 is 4.74 Å². The molecule has 0 bridgehead atoms. The first kappa shape index (κ1) is 22.0. The highest BCUT2D eigenvalue weighted by molar-refractivity contribution is 5.76. The van der Waals surface area contributed by atoms with Gasteiger partial charge in [-0.15, -0.1) is 0 Å². The van der Waals surface area contributed by atoms with Gasteiger partial charge in [0.25, 0.3) is 0 Å². The Morgan fingerprint density at radius 1 is 0.735 bits per heavy atom. The van der Waals surface area contributed by atoms with E-state index in [4.69, 9.17) is 9.72 Å². The van der Waals surface area contributed by atoms with Gasteiger partial charge in [0.2, 0.25) is 0 Å². The smallest absolute Gasteiger partial charge is 0.119 e. The van der Waals surface area contributed by atoms with Gasteiger partial charge < -0.3 is 9.30 Å². The zero-order chi connectivity index (χ0) is 23.3. The Morgan fingerprint density at radius 2 is 1.41 bits per heavy atom. The summed E-state index contributed by atoms with van der Waals surface area (Å²) < 4.78 is 8.41. The van der Waals surface area contributed by atoms with Crippen molar-refractivity contribution < 1.29 is 4.74 Å². The topological polar surface area (TPSA) is 27.1 Å². The summed E-state index contributed by atoms with van der Waals surface area (Å²) in [4.78, 5) is 4.97. The van der Waals surface area contributed by atoms with E-state index in [9.17, 15) is 0 Å². The van der Waals surface area contributed by atoms with E-state index in [0.717, 1.165) is 36.5 Å². The van der Waals surface area contributed by atoms with E-state index in [2.05, 4.69) is 115 Å². The molecule has 0 saturated heterocycles. The van der Waals surface area contributed by atoms with E-state index in [0.29, 0.717) is 6.61 Å². The van der Waals surface area contributed by atoms with Gasteiger partial charge in [0.05, 0.1) is 17.6 Å². The number of ether oxygens (including phenoxy) is 1. The minimum absolute atomic E-state index is 0.681. The summed E-state index contributed by atoms with van der Waals surface area (Å²) in [7, 11) is 0. The second-order valence-corrected chi connectivity index (χ2v) is 8.93. The normalized spacial score (nSPS) is 11.1. The van der Waals surface area contributed by atoms with Crippen molar-refractivity contribution >= 4 is 11.0 Å². The molecule has 1 heterocycles. The zero-order valence-corrected chi connectivity index (χ0v) is 19.9. The summed E-state index contributed by atoms with van der Waals surface area (Å²) in [5.74, 6) is 2.05. The van der Waals surface area contributed by atoms with Crippen LogP contribution in [0.2, 0.25) is 0 Å². The number of hydrogen-bond acceptors (Lipinski definition) is 2. The number of aryl methyl sites for hydroxylation is 3. The summed E-state index contributed by atoms with van der Waals surface area (Å²) in [5, 5.41) is 0. The minimum Gasteiger partial charge on any atom is -0.494 e. The molecule has 5 aromatic rings. The Bertz CT molecular complexity index is 1360. The molecule has 0 aliphatic carbocycles. The number of benzene rings is 4. The maximum atomic E-state index is 6.06. The van der Waals surface area contributed by atoms with Crippen LogP contribution in [0.15, 0.2) is 97.1 Å². The van der Waals surface area contributed by atoms with Crippen LogP contribution in [0.25, 0.3) is 22.2 Å². The lowest BCUT2D eigenvalue weighted by Gasteiger charge is -2.12. The average molecular weight is 447 g/mol. The fourth-order valence-electron chi connectivity index (χ4n) is 4.57. The van der Waals surface area contributed by atoms with Crippen LogP contribution in [-0.4, -0.2) is 16.2 Å². The SMILES string of the molecule is Cc1cc(C)cc(OCCCn2c(Cc3ccc(-c4ccccc4)cc3)nc3ccccc32)c1. The Hall–Kier alpha value is -3.85.